The van der Waals surface area contributed by atoms with Crippen molar-refractivity contribution in [1.29, 1.82) is 5.26 Å². The zero-order chi connectivity index (χ0) is 18.7. The van der Waals surface area contributed by atoms with Crippen molar-refractivity contribution in [3.8, 4) is 6.07 Å². The van der Waals surface area contributed by atoms with Gasteiger partial charge < -0.3 is 14.5 Å². The summed E-state index contributed by atoms with van der Waals surface area (Å²) in [6, 6.07) is 5.32. The van der Waals surface area contributed by atoms with Crippen LogP contribution in [0.2, 0.25) is 0 Å². The van der Waals surface area contributed by atoms with Gasteiger partial charge in [0, 0.05) is 11.0 Å². The third kappa shape index (κ3) is 3.55. The van der Waals surface area contributed by atoms with Crippen LogP contribution in [0, 0.1) is 18.3 Å². The molecular weight excluding hydrogens is 352 g/mol. The molecule has 1 aliphatic carbocycles. The summed E-state index contributed by atoms with van der Waals surface area (Å²) in [5.74, 6) is 0.0647. The van der Waals surface area contributed by atoms with Crippen LogP contribution >= 0.6 is 11.3 Å². The topological polar surface area (TPSA) is 92.3 Å². The molecule has 2 heterocycles. The molecule has 3 rings (SSSR count). The molecule has 0 radical (unpaired) electrons. The van der Waals surface area contributed by atoms with Crippen LogP contribution in [0.4, 0.5) is 5.00 Å². The van der Waals surface area contributed by atoms with Crippen LogP contribution in [0.3, 0.4) is 0 Å². The molecular formula is C19H18N2O4S. The largest absolute Gasteiger partial charge is 0.465 e. The molecule has 1 amide bonds. The minimum Gasteiger partial charge on any atom is -0.465 e. The Kier molecular flexibility index (Phi) is 5.24. The molecule has 0 aromatic carbocycles. The zero-order valence-corrected chi connectivity index (χ0v) is 15.4. The lowest BCUT2D eigenvalue weighted by atomic mass is 9.95. The fourth-order valence-corrected chi connectivity index (χ4v) is 4.24. The van der Waals surface area contributed by atoms with E-state index in [9.17, 15) is 14.9 Å². The first-order valence-corrected chi connectivity index (χ1v) is 9.07. The number of furan rings is 1. The first-order valence-electron chi connectivity index (χ1n) is 8.26. The maximum atomic E-state index is 12.5. The van der Waals surface area contributed by atoms with Gasteiger partial charge in [-0.05, 0) is 50.3 Å². The zero-order valence-electron chi connectivity index (χ0n) is 14.5. The van der Waals surface area contributed by atoms with Gasteiger partial charge in [0.1, 0.15) is 28.2 Å². The van der Waals surface area contributed by atoms with E-state index in [0.29, 0.717) is 22.1 Å². The fourth-order valence-electron chi connectivity index (χ4n) is 2.96. The number of aryl methyl sites for hydroxylation is 2. The number of nitrogens with one attached hydrogen (secondary N) is 1. The SMILES string of the molecule is COC(=O)c1c(NC(=O)C(C#N)=Cc2ccc(C)o2)sc2c1CCCC2. The molecule has 0 saturated carbocycles. The molecule has 0 aliphatic heterocycles. The molecule has 1 aliphatic rings. The third-order valence-corrected chi connectivity index (χ3v) is 5.41. The van der Waals surface area contributed by atoms with Crippen LogP contribution in [0.5, 0.6) is 0 Å². The number of nitrogens with zero attached hydrogens (tertiary/aromatic N) is 1. The number of esters is 1. The maximum absolute atomic E-state index is 12.5. The van der Waals surface area contributed by atoms with Gasteiger partial charge in [0.15, 0.2) is 0 Å². The number of anilines is 1. The van der Waals surface area contributed by atoms with Gasteiger partial charge in [-0.15, -0.1) is 11.3 Å². The predicted octanol–water partition coefficient (Wildman–Crippen LogP) is 3.86. The van der Waals surface area contributed by atoms with Crippen LogP contribution in [-0.4, -0.2) is 19.0 Å². The summed E-state index contributed by atoms with van der Waals surface area (Å²) in [7, 11) is 1.32. The number of thiophene rings is 1. The van der Waals surface area contributed by atoms with Crippen molar-refractivity contribution < 1.29 is 18.7 Å². The normalized spacial score (nSPS) is 13.7. The van der Waals surface area contributed by atoms with Gasteiger partial charge in [-0.1, -0.05) is 0 Å². The number of fused-ring (bicyclic) bond motifs is 1. The highest BCUT2D eigenvalue weighted by Crippen LogP contribution is 2.38. The number of rotatable bonds is 4. The van der Waals surface area contributed by atoms with Crippen LogP contribution in [-0.2, 0) is 22.4 Å². The average Bonchev–Trinajstić information content (AvgIpc) is 3.21. The number of hydrogen-bond donors (Lipinski definition) is 1. The molecule has 2 aromatic heterocycles. The molecule has 6 nitrogen and oxygen atoms in total. The summed E-state index contributed by atoms with van der Waals surface area (Å²) < 4.78 is 10.3. The number of carbonyl (C=O) groups is 2. The summed E-state index contributed by atoms with van der Waals surface area (Å²) in [6.07, 6.45) is 5.11. The smallest absolute Gasteiger partial charge is 0.341 e. The van der Waals surface area contributed by atoms with E-state index in [-0.39, 0.29) is 5.57 Å². The predicted molar refractivity (Wildman–Crippen MR) is 98.0 cm³/mol. The Morgan fingerprint density at radius 3 is 2.77 bits per heavy atom. The molecule has 1 N–H and O–H groups in total. The maximum Gasteiger partial charge on any atom is 0.341 e. The molecule has 7 heteroatoms. The Morgan fingerprint density at radius 1 is 1.35 bits per heavy atom. The minimum absolute atomic E-state index is 0.0958. The number of hydrogen-bond acceptors (Lipinski definition) is 6. The Bertz CT molecular complexity index is 930. The van der Waals surface area contributed by atoms with Crippen molar-refractivity contribution >= 4 is 34.3 Å². The van der Waals surface area contributed by atoms with Gasteiger partial charge >= 0.3 is 5.97 Å². The van der Waals surface area contributed by atoms with E-state index < -0.39 is 11.9 Å². The minimum atomic E-state index is -0.578. The molecule has 0 unspecified atom stereocenters. The molecule has 2 aromatic rings. The van der Waals surface area contributed by atoms with E-state index in [4.69, 9.17) is 9.15 Å². The van der Waals surface area contributed by atoms with Crippen molar-refractivity contribution in [3.63, 3.8) is 0 Å². The van der Waals surface area contributed by atoms with Gasteiger partial charge in [0.25, 0.3) is 5.91 Å². The van der Waals surface area contributed by atoms with Crippen molar-refractivity contribution in [2.75, 3.05) is 12.4 Å². The van der Waals surface area contributed by atoms with Crippen LogP contribution < -0.4 is 5.32 Å². The van der Waals surface area contributed by atoms with Crippen molar-refractivity contribution in [1.82, 2.24) is 0 Å². The van der Waals surface area contributed by atoms with E-state index in [1.165, 1.54) is 24.5 Å². The highest BCUT2D eigenvalue weighted by molar-refractivity contribution is 7.17. The number of amides is 1. The van der Waals surface area contributed by atoms with E-state index in [0.717, 1.165) is 36.1 Å². The number of carbonyl (C=O) groups excluding carboxylic acids is 2. The number of methoxy groups -OCH3 is 1. The van der Waals surface area contributed by atoms with Crippen LogP contribution in [0.25, 0.3) is 6.08 Å². The molecule has 0 spiro atoms. The van der Waals surface area contributed by atoms with Crippen LogP contribution in [0.15, 0.2) is 22.1 Å². The lowest BCUT2D eigenvalue weighted by molar-refractivity contribution is -0.112. The summed E-state index contributed by atoms with van der Waals surface area (Å²) in [4.78, 5) is 25.9. The second kappa shape index (κ2) is 7.58. The Morgan fingerprint density at radius 2 is 2.12 bits per heavy atom. The first-order chi connectivity index (χ1) is 12.5. The van der Waals surface area contributed by atoms with Gasteiger partial charge in [0.2, 0.25) is 0 Å². The van der Waals surface area contributed by atoms with Gasteiger partial charge in [-0.3, -0.25) is 4.79 Å². The summed E-state index contributed by atoms with van der Waals surface area (Å²) in [5.41, 5.74) is 1.26. The van der Waals surface area contributed by atoms with Gasteiger partial charge in [-0.2, -0.15) is 5.26 Å². The highest BCUT2D eigenvalue weighted by Gasteiger charge is 2.27. The molecule has 0 bridgehead atoms. The quantitative estimate of drug-likeness (QED) is 0.501. The van der Waals surface area contributed by atoms with E-state index in [1.807, 2.05) is 6.07 Å². The summed E-state index contributed by atoms with van der Waals surface area (Å²) in [5, 5.41) is 12.5. The molecule has 0 saturated heterocycles. The van der Waals surface area contributed by atoms with E-state index in [1.54, 1.807) is 19.1 Å². The molecule has 0 atom stereocenters. The Labute approximate surface area is 155 Å². The second-order valence-electron chi connectivity index (χ2n) is 5.98. The number of ether oxygens (including phenoxy) is 1. The first kappa shape index (κ1) is 18.0. The van der Waals surface area contributed by atoms with E-state index >= 15 is 0 Å². The Hall–Kier alpha value is -2.85. The Balaban J connectivity index is 1.91. The second-order valence-corrected chi connectivity index (χ2v) is 7.08. The summed E-state index contributed by atoms with van der Waals surface area (Å²) in [6.45, 7) is 1.78. The van der Waals surface area contributed by atoms with E-state index in [2.05, 4.69) is 5.32 Å². The average molecular weight is 370 g/mol. The fraction of sp³-hybridized carbons (Fsp3) is 0.316. The van der Waals surface area contributed by atoms with Crippen molar-refractivity contribution in [3.05, 3.63) is 45.2 Å². The lowest BCUT2D eigenvalue weighted by Gasteiger charge is -2.11. The lowest BCUT2D eigenvalue weighted by Crippen LogP contribution is -2.16. The van der Waals surface area contributed by atoms with Crippen molar-refractivity contribution in [2.24, 2.45) is 0 Å². The van der Waals surface area contributed by atoms with Crippen LogP contribution in [0.1, 0.15) is 45.2 Å². The molecule has 134 valence electrons. The van der Waals surface area contributed by atoms with Gasteiger partial charge in [-0.25, -0.2) is 4.79 Å². The summed E-state index contributed by atoms with van der Waals surface area (Å²) >= 11 is 1.38. The monoisotopic (exact) mass is 370 g/mol. The third-order valence-electron chi connectivity index (χ3n) is 4.20. The van der Waals surface area contributed by atoms with Crippen molar-refractivity contribution in [2.45, 2.75) is 32.6 Å². The highest BCUT2D eigenvalue weighted by atomic mass is 32.1. The number of nitriles is 1. The molecule has 0 fully saturated rings. The molecule has 26 heavy (non-hydrogen) atoms. The van der Waals surface area contributed by atoms with Gasteiger partial charge in [0.05, 0.1) is 12.7 Å². The standard InChI is InChI=1S/C19H18N2O4S/c1-11-7-8-13(25-11)9-12(10-20)17(22)21-18-16(19(23)24-2)14-5-3-4-6-15(14)26-18/h7-9H,3-6H2,1-2H3,(H,21,22).